The maximum absolute atomic E-state index is 12.5. The van der Waals surface area contributed by atoms with Crippen LogP contribution in [0.5, 0.6) is 0 Å². The third-order valence-electron chi connectivity index (χ3n) is 2.01. The van der Waals surface area contributed by atoms with Gasteiger partial charge in [0, 0.05) is 10.9 Å². The van der Waals surface area contributed by atoms with Crippen LogP contribution in [0.25, 0.3) is 0 Å². The van der Waals surface area contributed by atoms with Crippen LogP contribution in [-0.4, -0.2) is 18.1 Å². The van der Waals surface area contributed by atoms with Crippen LogP contribution in [0.1, 0.15) is 33.7 Å². The molecule has 1 rings (SSSR count). The van der Waals surface area contributed by atoms with Crippen LogP contribution in [0.15, 0.2) is 6.07 Å². The summed E-state index contributed by atoms with van der Waals surface area (Å²) in [7, 11) is 1.13. The number of rotatable bonds is 3. The summed E-state index contributed by atoms with van der Waals surface area (Å²) >= 11 is 3.07. The number of carbonyl (C=O) groups is 1. The lowest BCUT2D eigenvalue weighted by Crippen LogP contribution is -2.10. The van der Waals surface area contributed by atoms with E-state index in [9.17, 15) is 13.6 Å². The van der Waals surface area contributed by atoms with Crippen LogP contribution < -0.4 is 0 Å². The summed E-state index contributed by atoms with van der Waals surface area (Å²) in [6, 6.07) is 2.62. The fourth-order valence-electron chi connectivity index (χ4n) is 1.22. The Morgan fingerprint density at radius 3 is 2.76 bits per heavy atom. The predicted molar refractivity (Wildman–Crippen MR) is 57.9 cm³/mol. The molecule has 1 aromatic heterocycles. The lowest BCUT2D eigenvalue weighted by atomic mass is 10.1. The fourth-order valence-corrected chi connectivity index (χ4v) is 1.79. The number of methoxy groups -OCH3 is 1. The smallest absolute Gasteiger partial charge is 0.338 e. The summed E-state index contributed by atoms with van der Waals surface area (Å²) in [6.45, 7) is 0. The number of ether oxygens (including phenoxy) is 1. The van der Waals surface area contributed by atoms with Crippen molar-refractivity contribution in [3.63, 3.8) is 0 Å². The third kappa shape index (κ3) is 2.77. The SMILES string of the molecule is COC(=O)c1cc(C(F)F)nc(C#N)c1CBr. The molecule has 1 heterocycles. The first kappa shape index (κ1) is 13.5. The number of halogens is 3. The molecule has 0 aliphatic rings. The Morgan fingerprint density at radius 2 is 2.35 bits per heavy atom. The topological polar surface area (TPSA) is 63.0 Å². The summed E-state index contributed by atoms with van der Waals surface area (Å²) in [4.78, 5) is 14.9. The van der Waals surface area contributed by atoms with Crippen LogP contribution in [0.3, 0.4) is 0 Å². The van der Waals surface area contributed by atoms with Gasteiger partial charge in [0.25, 0.3) is 6.43 Å². The Morgan fingerprint density at radius 1 is 1.71 bits per heavy atom. The Labute approximate surface area is 104 Å². The number of carbonyl (C=O) groups excluding carboxylic acids is 1. The molecule has 0 spiro atoms. The second-order valence-corrected chi connectivity index (χ2v) is 3.52. The molecule has 0 amide bonds. The van der Waals surface area contributed by atoms with Crippen molar-refractivity contribution < 1.29 is 18.3 Å². The molecule has 0 saturated carbocycles. The lowest BCUT2D eigenvalue weighted by Gasteiger charge is -2.09. The second-order valence-electron chi connectivity index (χ2n) is 2.96. The van der Waals surface area contributed by atoms with Gasteiger partial charge in [-0.05, 0) is 6.07 Å². The second kappa shape index (κ2) is 5.68. The Kier molecular flexibility index (Phi) is 4.52. The predicted octanol–water partition coefficient (Wildman–Crippen LogP) is 2.57. The van der Waals surface area contributed by atoms with E-state index < -0.39 is 18.1 Å². The number of alkyl halides is 3. The molecule has 0 radical (unpaired) electrons. The quantitative estimate of drug-likeness (QED) is 0.636. The van der Waals surface area contributed by atoms with E-state index in [1.165, 1.54) is 0 Å². The van der Waals surface area contributed by atoms with E-state index in [0.29, 0.717) is 0 Å². The summed E-state index contributed by atoms with van der Waals surface area (Å²) in [6.07, 6.45) is -2.85. The molecule has 90 valence electrons. The Bertz CT molecular complexity index is 486. The first-order chi connectivity index (χ1) is 8.04. The van der Waals surface area contributed by atoms with E-state index in [4.69, 9.17) is 5.26 Å². The normalized spacial score (nSPS) is 10.1. The molecule has 0 aromatic carbocycles. The highest BCUT2D eigenvalue weighted by Crippen LogP contribution is 2.24. The van der Waals surface area contributed by atoms with Crippen molar-refractivity contribution in [1.29, 1.82) is 5.26 Å². The fraction of sp³-hybridized carbons (Fsp3) is 0.300. The van der Waals surface area contributed by atoms with E-state index in [0.717, 1.165) is 13.2 Å². The maximum atomic E-state index is 12.5. The Hall–Kier alpha value is -1.55. The van der Waals surface area contributed by atoms with Gasteiger partial charge in [-0.2, -0.15) is 5.26 Å². The molecule has 0 saturated heterocycles. The van der Waals surface area contributed by atoms with E-state index in [2.05, 4.69) is 25.7 Å². The van der Waals surface area contributed by atoms with Crippen molar-refractivity contribution in [2.75, 3.05) is 7.11 Å². The summed E-state index contributed by atoms with van der Waals surface area (Å²) < 4.78 is 29.5. The first-order valence-corrected chi connectivity index (χ1v) is 5.53. The van der Waals surface area contributed by atoms with Crippen molar-refractivity contribution in [1.82, 2.24) is 4.98 Å². The van der Waals surface area contributed by atoms with E-state index in [1.807, 2.05) is 0 Å². The molecule has 17 heavy (non-hydrogen) atoms. The molecule has 1 aromatic rings. The average molecular weight is 305 g/mol. The van der Waals surface area contributed by atoms with Gasteiger partial charge >= 0.3 is 5.97 Å². The largest absolute Gasteiger partial charge is 0.465 e. The van der Waals surface area contributed by atoms with Gasteiger partial charge in [-0.15, -0.1) is 0 Å². The van der Waals surface area contributed by atoms with Gasteiger partial charge in [-0.3, -0.25) is 0 Å². The molecule has 4 nitrogen and oxygen atoms in total. The van der Waals surface area contributed by atoms with E-state index in [1.54, 1.807) is 6.07 Å². The average Bonchev–Trinajstić information content (AvgIpc) is 2.35. The number of hydrogen-bond acceptors (Lipinski definition) is 4. The number of nitriles is 1. The van der Waals surface area contributed by atoms with Gasteiger partial charge in [0.05, 0.1) is 12.7 Å². The highest BCUT2D eigenvalue weighted by atomic mass is 79.9. The van der Waals surface area contributed by atoms with Crippen molar-refractivity contribution >= 4 is 21.9 Å². The van der Waals surface area contributed by atoms with Crippen molar-refractivity contribution in [3.8, 4) is 6.07 Å². The number of nitrogens with zero attached hydrogens (tertiary/aromatic N) is 2. The number of esters is 1. The minimum absolute atomic E-state index is 0.0776. The summed E-state index contributed by atoms with van der Waals surface area (Å²) in [5.74, 6) is -0.778. The number of aromatic nitrogens is 1. The van der Waals surface area contributed by atoms with Crippen LogP contribution in [0.4, 0.5) is 8.78 Å². The van der Waals surface area contributed by atoms with Gasteiger partial charge in [0.1, 0.15) is 17.5 Å². The standard InChI is InChI=1S/C10H7BrF2N2O2/c1-17-10(16)5-2-7(9(12)13)15-8(4-14)6(5)3-11/h2,9H,3H2,1H3. The highest BCUT2D eigenvalue weighted by molar-refractivity contribution is 9.08. The zero-order valence-electron chi connectivity index (χ0n) is 8.71. The van der Waals surface area contributed by atoms with Gasteiger partial charge < -0.3 is 4.74 Å². The molecule has 0 N–H and O–H groups in total. The monoisotopic (exact) mass is 304 g/mol. The number of pyridine rings is 1. The van der Waals surface area contributed by atoms with Gasteiger partial charge in [0.15, 0.2) is 0 Å². The molecule has 0 bridgehead atoms. The van der Waals surface area contributed by atoms with Crippen LogP contribution in [-0.2, 0) is 10.1 Å². The van der Waals surface area contributed by atoms with Crippen LogP contribution in [0, 0.1) is 11.3 Å². The van der Waals surface area contributed by atoms with Crippen LogP contribution in [0.2, 0.25) is 0 Å². The van der Waals surface area contributed by atoms with Crippen LogP contribution >= 0.6 is 15.9 Å². The molecular formula is C10H7BrF2N2O2. The van der Waals surface area contributed by atoms with Gasteiger partial charge in [-0.1, -0.05) is 15.9 Å². The summed E-state index contributed by atoms with van der Waals surface area (Å²) in [5, 5.41) is 8.95. The summed E-state index contributed by atoms with van der Waals surface area (Å²) in [5.41, 5.74) is -0.665. The molecule has 0 fully saturated rings. The first-order valence-electron chi connectivity index (χ1n) is 4.41. The van der Waals surface area contributed by atoms with Crippen molar-refractivity contribution in [2.45, 2.75) is 11.8 Å². The Balaban J connectivity index is 3.49. The van der Waals surface area contributed by atoms with E-state index in [-0.39, 0.29) is 22.2 Å². The zero-order valence-corrected chi connectivity index (χ0v) is 10.3. The number of hydrogen-bond donors (Lipinski definition) is 0. The minimum atomic E-state index is -2.85. The molecule has 7 heteroatoms. The minimum Gasteiger partial charge on any atom is -0.465 e. The van der Waals surface area contributed by atoms with Gasteiger partial charge in [-0.25, -0.2) is 18.6 Å². The maximum Gasteiger partial charge on any atom is 0.338 e. The molecular weight excluding hydrogens is 298 g/mol. The molecule has 0 aliphatic heterocycles. The highest BCUT2D eigenvalue weighted by Gasteiger charge is 2.21. The van der Waals surface area contributed by atoms with Gasteiger partial charge in [0.2, 0.25) is 0 Å². The lowest BCUT2D eigenvalue weighted by molar-refractivity contribution is 0.0599. The van der Waals surface area contributed by atoms with E-state index >= 15 is 0 Å². The van der Waals surface area contributed by atoms with Crippen molar-refractivity contribution in [2.24, 2.45) is 0 Å². The third-order valence-corrected chi connectivity index (χ3v) is 2.57. The molecule has 0 unspecified atom stereocenters. The molecule has 0 aliphatic carbocycles. The zero-order chi connectivity index (χ0) is 13.0. The molecule has 0 atom stereocenters. The van der Waals surface area contributed by atoms with Crippen molar-refractivity contribution in [3.05, 3.63) is 28.6 Å².